The van der Waals surface area contributed by atoms with Crippen molar-refractivity contribution in [3.05, 3.63) is 29.3 Å². The molecule has 0 saturated carbocycles. The summed E-state index contributed by atoms with van der Waals surface area (Å²) in [4.78, 5) is 0. The summed E-state index contributed by atoms with van der Waals surface area (Å²) < 4.78 is 0. The van der Waals surface area contributed by atoms with Crippen molar-refractivity contribution in [2.24, 2.45) is 0 Å². The van der Waals surface area contributed by atoms with Gasteiger partial charge in [0.25, 0.3) is 0 Å². The molecule has 0 amide bonds. The molecule has 0 aliphatic carbocycles. The summed E-state index contributed by atoms with van der Waals surface area (Å²) in [6.45, 7) is 5.32. The lowest BCUT2D eigenvalue weighted by Crippen LogP contribution is -2.03. The molecule has 1 aromatic rings. The zero-order valence-electron chi connectivity index (χ0n) is 11.6. The normalized spacial score (nSPS) is 10.1. The monoisotopic (exact) mass is 244 g/mol. The number of nitrogens with zero attached hydrogens (tertiary/aromatic N) is 1. The van der Waals surface area contributed by atoms with E-state index in [9.17, 15) is 0 Å². The van der Waals surface area contributed by atoms with Gasteiger partial charge in [-0.05, 0) is 31.0 Å². The maximum Gasteiger partial charge on any atom is 0.0992 e. The first kappa shape index (κ1) is 14.6. The highest BCUT2D eigenvalue weighted by atomic mass is 14.9. The first-order chi connectivity index (χ1) is 8.77. The molecule has 0 bridgehead atoms. The van der Waals surface area contributed by atoms with Gasteiger partial charge in [-0.2, -0.15) is 5.26 Å². The number of nitriles is 1. The van der Waals surface area contributed by atoms with Gasteiger partial charge in [0.2, 0.25) is 0 Å². The second-order valence-corrected chi connectivity index (χ2v) is 4.84. The van der Waals surface area contributed by atoms with Gasteiger partial charge in [-0.3, -0.25) is 0 Å². The summed E-state index contributed by atoms with van der Waals surface area (Å²) in [6, 6.07) is 7.98. The fourth-order valence-corrected chi connectivity index (χ4v) is 2.01. The van der Waals surface area contributed by atoms with E-state index in [0.717, 1.165) is 17.8 Å². The number of nitrogens with one attached hydrogen (secondary N) is 1. The van der Waals surface area contributed by atoms with E-state index in [1.807, 2.05) is 18.2 Å². The molecule has 0 spiro atoms. The standard InChI is InChI=1S/C16H24N2/c1-3-4-5-6-7-8-11-18-16-12-15(13-17)10-9-14(16)2/h9-10,12,18H,3-8,11H2,1-2H3. The lowest BCUT2D eigenvalue weighted by atomic mass is 10.1. The van der Waals surface area contributed by atoms with Gasteiger partial charge in [-0.15, -0.1) is 0 Å². The number of benzene rings is 1. The first-order valence-corrected chi connectivity index (χ1v) is 7.02. The Kier molecular flexibility index (Phi) is 6.94. The Bertz CT molecular complexity index is 391. The third kappa shape index (κ3) is 5.23. The summed E-state index contributed by atoms with van der Waals surface area (Å²) in [5, 5.41) is 12.3. The highest BCUT2D eigenvalue weighted by molar-refractivity contribution is 5.55. The van der Waals surface area contributed by atoms with Gasteiger partial charge < -0.3 is 5.32 Å². The Morgan fingerprint density at radius 2 is 1.83 bits per heavy atom. The summed E-state index contributed by atoms with van der Waals surface area (Å²) in [6.07, 6.45) is 7.87. The predicted molar refractivity (Wildman–Crippen MR) is 77.8 cm³/mol. The minimum Gasteiger partial charge on any atom is -0.385 e. The quantitative estimate of drug-likeness (QED) is 0.676. The highest BCUT2D eigenvalue weighted by Crippen LogP contribution is 2.16. The van der Waals surface area contributed by atoms with Crippen LogP contribution in [-0.2, 0) is 0 Å². The molecule has 98 valence electrons. The van der Waals surface area contributed by atoms with Crippen molar-refractivity contribution in [3.8, 4) is 6.07 Å². The molecule has 1 aromatic carbocycles. The van der Waals surface area contributed by atoms with Gasteiger partial charge in [0.1, 0.15) is 0 Å². The van der Waals surface area contributed by atoms with E-state index in [4.69, 9.17) is 5.26 Å². The van der Waals surface area contributed by atoms with E-state index in [-0.39, 0.29) is 0 Å². The molecule has 0 aromatic heterocycles. The van der Waals surface area contributed by atoms with Crippen molar-refractivity contribution in [2.75, 3.05) is 11.9 Å². The molecular weight excluding hydrogens is 220 g/mol. The zero-order valence-corrected chi connectivity index (χ0v) is 11.6. The van der Waals surface area contributed by atoms with Gasteiger partial charge in [0.15, 0.2) is 0 Å². The van der Waals surface area contributed by atoms with Crippen LogP contribution in [0.5, 0.6) is 0 Å². The summed E-state index contributed by atoms with van der Waals surface area (Å²) in [7, 11) is 0. The van der Waals surface area contributed by atoms with Crippen LogP contribution in [0.2, 0.25) is 0 Å². The SMILES string of the molecule is CCCCCCCCNc1cc(C#N)ccc1C. The number of hydrogen-bond acceptors (Lipinski definition) is 2. The van der Waals surface area contributed by atoms with Crippen molar-refractivity contribution in [1.82, 2.24) is 0 Å². The highest BCUT2D eigenvalue weighted by Gasteiger charge is 1.99. The van der Waals surface area contributed by atoms with Crippen LogP contribution in [0.15, 0.2) is 18.2 Å². The zero-order chi connectivity index (χ0) is 13.2. The fourth-order valence-electron chi connectivity index (χ4n) is 2.01. The molecular formula is C16H24N2. The largest absolute Gasteiger partial charge is 0.385 e. The van der Waals surface area contributed by atoms with Gasteiger partial charge in [0, 0.05) is 12.2 Å². The molecule has 0 fully saturated rings. The Labute approximate surface area is 111 Å². The van der Waals surface area contributed by atoms with Crippen LogP contribution in [0.4, 0.5) is 5.69 Å². The van der Waals surface area contributed by atoms with Crippen molar-refractivity contribution in [3.63, 3.8) is 0 Å². The third-order valence-corrected chi connectivity index (χ3v) is 3.21. The van der Waals surface area contributed by atoms with Gasteiger partial charge in [-0.1, -0.05) is 45.1 Å². The predicted octanol–water partition coefficient (Wildman–Crippen LogP) is 4.64. The molecule has 0 aliphatic heterocycles. The molecule has 0 heterocycles. The molecule has 0 unspecified atom stereocenters. The first-order valence-electron chi connectivity index (χ1n) is 7.02. The summed E-state index contributed by atoms with van der Waals surface area (Å²) in [5.74, 6) is 0. The molecule has 0 saturated heterocycles. The lowest BCUT2D eigenvalue weighted by molar-refractivity contribution is 0.617. The minimum absolute atomic E-state index is 0.728. The lowest BCUT2D eigenvalue weighted by Gasteiger charge is -2.09. The Morgan fingerprint density at radius 3 is 2.56 bits per heavy atom. The number of unbranched alkanes of at least 4 members (excludes halogenated alkanes) is 5. The fraction of sp³-hybridized carbons (Fsp3) is 0.562. The Hall–Kier alpha value is -1.49. The maximum atomic E-state index is 8.87. The van der Waals surface area contributed by atoms with Gasteiger partial charge >= 0.3 is 0 Å². The van der Waals surface area contributed by atoms with Gasteiger partial charge in [-0.25, -0.2) is 0 Å². The third-order valence-electron chi connectivity index (χ3n) is 3.21. The van der Waals surface area contributed by atoms with Crippen LogP contribution in [0.25, 0.3) is 0 Å². The molecule has 1 rings (SSSR count). The number of rotatable bonds is 8. The van der Waals surface area contributed by atoms with E-state index in [2.05, 4.69) is 25.2 Å². The van der Waals surface area contributed by atoms with E-state index in [1.165, 1.54) is 44.1 Å². The van der Waals surface area contributed by atoms with Crippen molar-refractivity contribution in [1.29, 1.82) is 5.26 Å². The van der Waals surface area contributed by atoms with Crippen molar-refractivity contribution in [2.45, 2.75) is 52.4 Å². The molecule has 2 heteroatoms. The van der Waals surface area contributed by atoms with Crippen molar-refractivity contribution < 1.29 is 0 Å². The molecule has 2 nitrogen and oxygen atoms in total. The van der Waals surface area contributed by atoms with E-state index in [0.29, 0.717) is 0 Å². The van der Waals surface area contributed by atoms with Crippen LogP contribution < -0.4 is 5.32 Å². The van der Waals surface area contributed by atoms with Crippen LogP contribution in [-0.4, -0.2) is 6.54 Å². The molecule has 0 radical (unpaired) electrons. The Morgan fingerprint density at radius 1 is 1.11 bits per heavy atom. The molecule has 0 atom stereocenters. The Balaban J connectivity index is 2.25. The number of hydrogen-bond donors (Lipinski definition) is 1. The number of aryl methyl sites for hydroxylation is 1. The maximum absolute atomic E-state index is 8.87. The van der Waals surface area contributed by atoms with Crippen LogP contribution in [0.1, 0.15) is 56.6 Å². The average Bonchev–Trinajstić information content (AvgIpc) is 2.39. The second-order valence-electron chi connectivity index (χ2n) is 4.84. The van der Waals surface area contributed by atoms with Crippen LogP contribution in [0, 0.1) is 18.3 Å². The van der Waals surface area contributed by atoms with Crippen LogP contribution in [0.3, 0.4) is 0 Å². The molecule has 1 N–H and O–H groups in total. The molecule has 0 aliphatic rings. The van der Waals surface area contributed by atoms with E-state index in [1.54, 1.807) is 0 Å². The molecule has 18 heavy (non-hydrogen) atoms. The topological polar surface area (TPSA) is 35.8 Å². The summed E-state index contributed by atoms with van der Waals surface area (Å²) >= 11 is 0. The average molecular weight is 244 g/mol. The van der Waals surface area contributed by atoms with E-state index >= 15 is 0 Å². The van der Waals surface area contributed by atoms with Crippen molar-refractivity contribution >= 4 is 5.69 Å². The van der Waals surface area contributed by atoms with Crippen LogP contribution >= 0.6 is 0 Å². The van der Waals surface area contributed by atoms with E-state index < -0.39 is 0 Å². The number of anilines is 1. The smallest absolute Gasteiger partial charge is 0.0992 e. The minimum atomic E-state index is 0.728. The van der Waals surface area contributed by atoms with Gasteiger partial charge in [0.05, 0.1) is 11.6 Å². The summed E-state index contributed by atoms with van der Waals surface area (Å²) in [5.41, 5.74) is 3.04. The second kappa shape index (κ2) is 8.58.